The molecule has 0 saturated carbocycles. The van der Waals surface area contributed by atoms with Crippen LogP contribution in [0, 0.1) is 0 Å². The maximum Gasteiger partial charge on any atom is 0.386 e. The molecule has 0 aliphatic carbocycles. The van der Waals surface area contributed by atoms with Gasteiger partial charge < -0.3 is 109 Å². The van der Waals surface area contributed by atoms with Crippen LogP contribution in [0.1, 0.15) is 56.6 Å². The maximum atomic E-state index is 13.2. The molecule has 0 spiro atoms. The molecule has 0 bridgehead atoms. The number of hydrogen-bond donors (Lipinski definition) is 15. The number of rotatable bonds is 27. The summed E-state index contributed by atoms with van der Waals surface area (Å²) in [4.78, 5) is 128. The van der Waals surface area contributed by atoms with E-state index in [4.69, 9.17) is 111 Å². The number of aliphatic hydroxyl groups is 6. The van der Waals surface area contributed by atoms with E-state index in [1.807, 2.05) is 0 Å². The van der Waals surface area contributed by atoms with E-state index in [0.717, 1.165) is 31.9 Å². The number of methoxy groups -OCH3 is 3. The van der Waals surface area contributed by atoms with Crippen molar-refractivity contribution in [3.63, 3.8) is 0 Å². The monoisotopic (exact) mass is 1760 g/mol. The zero-order chi connectivity index (χ0) is 83.7. The molecule has 0 radical (unpaired) electrons. The number of thiol groups is 1. The van der Waals surface area contributed by atoms with Crippen LogP contribution in [0.2, 0.25) is 0 Å². The second-order valence-electron chi connectivity index (χ2n) is 26.7. The molecule has 17 N–H and O–H groups in total. The van der Waals surface area contributed by atoms with Crippen LogP contribution in [0.15, 0.2) is 115 Å². The molecule has 49 nitrogen and oxygen atoms in total. The summed E-state index contributed by atoms with van der Waals surface area (Å²) in [5.74, 6) is 0.203. The molecule has 9 unspecified atom stereocenters. The minimum Gasteiger partial charge on any atom is -0.397 e. The third-order valence-corrected chi connectivity index (χ3v) is 24.2. The highest BCUT2D eigenvalue weighted by Gasteiger charge is 2.53. The molecular weight excluding hydrogens is 1680 g/mol. The number of aromatic nitrogens is 16. The summed E-state index contributed by atoms with van der Waals surface area (Å²) >= 11 is 14.4. The van der Waals surface area contributed by atoms with Crippen molar-refractivity contribution in [1.82, 2.24) is 77.2 Å². The highest BCUT2D eigenvalue weighted by Crippen LogP contribution is 2.57. The summed E-state index contributed by atoms with van der Waals surface area (Å²) < 4.78 is 106. The first kappa shape index (κ1) is 87.0. The molecule has 636 valence electrons. The number of aliphatic hydroxyl groups excluding tert-OH is 6. The molecule has 15 heterocycles. The molecule has 0 amide bonds. The molecular formula is C62H80N19O30P3S3. The predicted molar refractivity (Wildman–Crippen MR) is 409 cm³/mol. The Kier molecular flexibility index (Phi) is 27.3. The number of imidazole rings is 3. The van der Waals surface area contributed by atoms with Crippen LogP contribution < -0.4 is 50.9 Å². The summed E-state index contributed by atoms with van der Waals surface area (Å²) in [6.45, 7) is -14.9. The van der Waals surface area contributed by atoms with E-state index in [-0.39, 0.29) is 44.9 Å². The van der Waals surface area contributed by atoms with E-state index < -0.39 is 203 Å². The van der Waals surface area contributed by atoms with E-state index >= 15 is 0 Å². The van der Waals surface area contributed by atoms with Crippen molar-refractivity contribution in [2.24, 2.45) is 0 Å². The molecule has 117 heavy (non-hydrogen) atoms. The highest BCUT2D eigenvalue weighted by molar-refractivity contribution is 8.44. The lowest BCUT2D eigenvalue weighted by Gasteiger charge is -2.27. The van der Waals surface area contributed by atoms with Crippen molar-refractivity contribution < 1.29 is 115 Å². The fourth-order valence-corrected chi connectivity index (χ4v) is 18.2. The van der Waals surface area contributed by atoms with Gasteiger partial charge in [0.25, 0.3) is 16.7 Å². The quantitative estimate of drug-likeness (QED) is 0.0175. The zero-order valence-electron chi connectivity index (χ0n) is 61.3. The number of nitrogens with zero attached hydrogens (tertiary/aromatic N) is 13. The summed E-state index contributed by atoms with van der Waals surface area (Å²) in [7, 11) is 3.95. The Morgan fingerprint density at radius 2 is 0.795 bits per heavy atom. The lowest BCUT2D eigenvalue weighted by molar-refractivity contribution is -0.0625. The molecule has 6 aliphatic rings. The molecule has 55 heteroatoms. The topological polar surface area (TPSA) is 665 Å². The Morgan fingerprint density at radius 3 is 1.14 bits per heavy atom. The Hall–Kier alpha value is -7.81. The number of nitrogens with one attached hydrogen (secondary N) is 3. The van der Waals surface area contributed by atoms with Crippen molar-refractivity contribution in [3.8, 4) is 0 Å². The van der Waals surface area contributed by atoms with Gasteiger partial charge >= 0.3 is 37.3 Å². The van der Waals surface area contributed by atoms with Gasteiger partial charge in [0, 0.05) is 89.8 Å². The number of hydrogen-bond acceptors (Lipinski definition) is 40. The molecule has 6 aliphatic heterocycles. The van der Waals surface area contributed by atoms with Gasteiger partial charge in [-0.25, -0.2) is 53.8 Å². The van der Waals surface area contributed by atoms with E-state index in [2.05, 4.69) is 62.1 Å². The van der Waals surface area contributed by atoms with E-state index in [1.54, 1.807) is 32.0 Å². The average molecular weight is 1760 g/mol. The molecule has 9 aromatic rings. The minimum absolute atomic E-state index is 0.170. The van der Waals surface area contributed by atoms with Gasteiger partial charge in [-0.1, -0.05) is 12.2 Å². The third-order valence-electron chi connectivity index (χ3n) is 19.5. The standard InChI is InChI=1S/2C21H27N6O10PS.C20H26N7O10PS/c2*1-33-18-17(12(7-28)36-20(18)26-5-3-14(30)25-21(26)31)37-38(32,39)34-8-13-11(29)6-15(35-13)27-9-24-16-10(22)2-4-23-19(16)27;1-33-16-15(10(5-28)36-19(16)26-3-2-12(30)25-20(26)31)37-38(32,39)34-6-11-9(29)4-13(35-11)27-8-24-14-17(21)22-7-23-18(14)27/h2*2-5,9,11-13,15,17-18,20,28-29H,6-8H2,1H3,(H2,22,23)(H,32,39)(H,25,30,31);2-3,7-11,13,15-16,19,28-29H,4-6H2,1H3,(H,32,39)(H2,21,22,23)(H,25,30,31)/t2*11?,12-,13-,15-,17?,18+,20-,38?;9?,10-,11-,13-,15?,16+,19-,38?/m111/s1. The lowest BCUT2D eigenvalue weighted by atomic mass is 10.1. The first-order chi connectivity index (χ1) is 55.8. The number of anilines is 3. The number of aromatic amines is 3. The Balaban J connectivity index is 0.000000152. The first-order valence-corrected chi connectivity index (χ1v) is 43.1. The average Bonchev–Trinajstić information content (AvgIpc) is 1.69. The minimum atomic E-state index is -4.15. The van der Waals surface area contributed by atoms with Crippen LogP contribution in [0.3, 0.4) is 0 Å². The lowest BCUT2D eigenvalue weighted by Crippen LogP contribution is -2.40. The van der Waals surface area contributed by atoms with E-state index in [0.29, 0.717) is 44.9 Å². The highest BCUT2D eigenvalue weighted by atomic mass is 32.7. The van der Waals surface area contributed by atoms with Gasteiger partial charge in [0.15, 0.2) is 41.4 Å². The summed E-state index contributed by atoms with van der Waals surface area (Å²) in [6, 6.07) is 6.60. The third kappa shape index (κ3) is 19.0. The van der Waals surface area contributed by atoms with Crippen molar-refractivity contribution in [1.29, 1.82) is 0 Å². The summed E-state index contributed by atoms with van der Waals surface area (Å²) in [5, 5.41) is 61.2. The molecule has 9 aromatic heterocycles. The number of ether oxygens (including phenoxy) is 9. The van der Waals surface area contributed by atoms with Crippen molar-refractivity contribution in [3.05, 3.63) is 149 Å². The second kappa shape index (κ2) is 36.6. The Labute approximate surface area is 671 Å². The van der Waals surface area contributed by atoms with Crippen LogP contribution in [0.5, 0.6) is 0 Å². The van der Waals surface area contributed by atoms with Crippen LogP contribution in [0.4, 0.5) is 17.2 Å². The van der Waals surface area contributed by atoms with E-state index in [1.165, 1.54) is 71.4 Å². The number of H-pyrrole nitrogens is 3. The smallest absolute Gasteiger partial charge is 0.386 e. The van der Waals surface area contributed by atoms with Gasteiger partial charge in [0.05, 0.1) is 88.3 Å². The van der Waals surface area contributed by atoms with Crippen molar-refractivity contribution in [2.75, 3.05) is 78.2 Å². The van der Waals surface area contributed by atoms with Crippen molar-refractivity contribution >= 4 is 107 Å². The van der Waals surface area contributed by atoms with Gasteiger partial charge in [0.1, 0.15) is 115 Å². The van der Waals surface area contributed by atoms with Gasteiger partial charge in [-0.2, -0.15) is 0 Å². The van der Waals surface area contributed by atoms with Crippen LogP contribution in [0.25, 0.3) is 33.5 Å². The fourth-order valence-electron chi connectivity index (χ4n) is 13.8. The number of nitrogen functional groups attached to an aromatic ring is 3. The Bertz CT molecular complexity index is 5020. The number of nitrogens with two attached hydrogens (primary N) is 3. The predicted octanol–water partition coefficient (Wildman–Crippen LogP) is -3.58. The van der Waals surface area contributed by atoms with Crippen LogP contribution in [-0.4, -0.2) is 270 Å². The fraction of sp³-hybridized carbons (Fsp3) is 0.532. The van der Waals surface area contributed by atoms with Crippen LogP contribution in [-0.2, 0) is 98.0 Å². The van der Waals surface area contributed by atoms with Gasteiger partial charge in [-0.3, -0.25) is 74.8 Å². The SMILES string of the molecule is CO[C@H]1C(OP(=O)(S)OC[C@H]2O[C@@H](n3cnc4c(N)ccnc43)CC2O)[C@@H](CO)O[C@H]1n1ccc(=O)[nH]c1=O.CO[C@H]1C(OP(O)(=S)OC[C@H]2O[C@@H](n3cnc4c(N)ccnc43)CC2O)[C@@H](CO)O[C@H]1n1ccc(=O)[nH]c1=O.CO[C@H]1C(OP(O)(=S)OC[C@H]2O[C@@H](n3cnc4c(N)ncnc43)CC2O)[C@@H](CO)O[C@H]1n1ccc(=O)[nH]c1=O. The number of fused-ring (bicyclic) bond motifs is 3. The van der Waals surface area contributed by atoms with Gasteiger partial charge in [0.2, 0.25) is 0 Å². The van der Waals surface area contributed by atoms with Crippen LogP contribution >= 0.6 is 32.5 Å². The largest absolute Gasteiger partial charge is 0.397 e. The van der Waals surface area contributed by atoms with Gasteiger partial charge in [-0.15, -0.1) is 0 Å². The molecule has 6 saturated heterocycles. The van der Waals surface area contributed by atoms with E-state index in [9.17, 15) is 73.8 Å². The summed E-state index contributed by atoms with van der Waals surface area (Å²) in [6.07, 6.45) is -7.54. The van der Waals surface area contributed by atoms with Gasteiger partial charge in [-0.05, 0) is 35.7 Å². The summed E-state index contributed by atoms with van der Waals surface area (Å²) in [5.41, 5.74) is 17.3. The molecule has 15 rings (SSSR count). The first-order valence-electron chi connectivity index (χ1n) is 35.2. The normalized spacial score (nSPS) is 30.6. The van der Waals surface area contributed by atoms with Crippen molar-refractivity contribution in [2.45, 2.75) is 148 Å². The second-order valence-corrected chi connectivity index (χ2v) is 35.2. The zero-order valence-corrected chi connectivity index (χ0v) is 66.5. The number of pyridine rings is 2. The molecule has 24 atom stereocenters. The molecule has 0 aromatic carbocycles. The molecule has 6 fully saturated rings. The Morgan fingerprint density at radius 1 is 0.462 bits per heavy atom. The maximum absolute atomic E-state index is 13.2.